The molecule has 0 saturated carbocycles. The van der Waals surface area contributed by atoms with Crippen molar-refractivity contribution < 1.29 is 9.53 Å². The molecular weight excluding hydrogens is 390 g/mol. The van der Waals surface area contributed by atoms with Crippen molar-refractivity contribution in [2.75, 3.05) is 45.2 Å². The van der Waals surface area contributed by atoms with Gasteiger partial charge in [-0.2, -0.15) is 5.10 Å². The van der Waals surface area contributed by atoms with Gasteiger partial charge in [-0.1, -0.05) is 24.3 Å². The van der Waals surface area contributed by atoms with Crippen molar-refractivity contribution in [2.24, 2.45) is 0 Å². The highest BCUT2D eigenvalue weighted by molar-refractivity contribution is 5.92. The lowest BCUT2D eigenvalue weighted by Crippen LogP contribution is -2.45. The number of methoxy groups -OCH3 is 1. The van der Waals surface area contributed by atoms with Gasteiger partial charge in [-0.3, -0.25) is 4.79 Å². The number of aromatic nitrogens is 2. The van der Waals surface area contributed by atoms with Gasteiger partial charge in [0.05, 0.1) is 7.11 Å². The van der Waals surface area contributed by atoms with Crippen LogP contribution in [0.15, 0.2) is 54.7 Å². The summed E-state index contributed by atoms with van der Waals surface area (Å²) in [5.74, 6) is 0.514. The van der Waals surface area contributed by atoms with Crippen molar-refractivity contribution in [1.29, 1.82) is 0 Å². The van der Waals surface area contributed by atoms with Crippen molar-refractivity contribution in [3.63, 3.8) is 0 Å². The molecule has 2 aromatic carbocycles. The topological polar surface area (TPSA) is 62.6 Å². The van der Waals surface area contributed by atoms with E-state index in [0.717, 1.165) is 43.0 Å². The zero-order valence-corrected chi connectivity index (χ0v) is 18.3. The summed E-state index contributed by atoms with van der Waals surface area (Å²) in [5.41, 5.74) is 4.58. The van der Waals surface area contributed by atoms with Gasteiger partial charge < -0.3 is 19.9 Å². The second kappa shape index (κ2) is 9.22. The van der Waals surface area contributed by atoms with Crippen LogP contribution in [0.25, 0.3) is 5.69 Å². The van der Waals surface area contributed by atoms with Crippen molar-refractivity contribution in [3.05, 3.63) is 71.5 Å². The fourth-order valence-corrected chi connectivity index (χ4v) is 3.84. The highest BCUT2D eigenvalue weighted by Crippen LogP contribution is 2.24. The van der Waals surface area contributed by atoms with Crippen LogP contribution in [0, 0.1) is 6.92 Å². The van der Waals surface area contributed by atoms with E-state index in [2.05, 4.69) is 45.5 Å². The Hall–Kier alpha value is -3.32. The van der Waals surface area contributed by atoms with Gasteiger partial charge >= 0.3 is 0 Å². The van der Waals surface area contributed by atoms with Crippen LogP contribution in [0.4, 0.5) is 5.69 Å². The summed E-state index contributed by atoms with van der Waals surface area (Å²) < 4.78 is 7.12. The van der Waals surface area contributed by atoms with Crippen LogP contribution in [0.2, 0.25) is 0 Å². The van der Waals surface area contributed by atoms with Gasteiger partial charge in [-0.15, -0.1) is 0 Å². The zero-order chi connectivity index (χ0) is 21.8. The van der Waals surface area contributed by atoms with Crippen LogP contribution in [-0.4, -0.2) is 60.9 Å². The number of hydrogen-bond donors (Lipinski definition) is 1. The monoisotopic (exact) mass is 419 g/mol. The molecule has 1 aromatic heterocycles. The molecule has 2 heterocycles. The number of rotatable bonds is 6. The highest BCUT2D eigenvalue weighted by atomic mass is 16.5. The number of anilines is 1. The van der Waals surface area contributed by atoms with E-state index in [-0.39, 0.29) is 5.91 Å². The van der Waals surface area contributed by atoms with E-state index < -0.39 is 0 Å². The van der Waals surface area contributed by atoms with E-state index in [1.807, 2.05) is 31.2 Å². The largest absolute Gasteiger partial charge is 0.494 e. The number of para-hydroxylation sites is 1. The van der Waals surface area contributed by atoms with E-state index in [1.54, 1.807) is 24.1 Å². The van der Waals surface area contributed by atoms with E-state index >= 15 is 0 Å². The Morgan fingerprint density at radius 2 is 1.84 bits per heavy atom. The third kappa shape index (κ3) is 4.72. The minimum atomic E-state index is -0.196. The molecule has 1 saturated heterocycles. The average Bonchev–Trinajstić information content (AvgIpc) is 3.28. The molecule has 1 N–H and O–H groups in total. The molecule has 1 aliphatic heterocycles. The van der Waals surface area contributed by atoms with Crippen LogP contribution in [0.1, 0.15) is 21.6 Å². The maximum Gasteiger partial charge on any atom is 0.272 e. The van der Waals surface area contributed by atoms with Crippen LogP contribution in [-0.2, 0) is 6.54 Å². The number of amides is 1. The van der Waals surface area contributed by atoms with Gasteiger partial charge in [0.1, 0.15) is 11.4 Å². The third-order valence-electron chi connectivity index (χ3n) is 5.68. The number of ether oxygens (including phenoxy) is 1. The minimum absolute atomic E-state index is 0.196. The molecule has 0 atom stereocenters. The van der Waals surface area contributed by atoms with Gasteiger partial charge in [0.2, 0.25) is 0 Å². The zero-order valence-electron chi connectivity index (χ0n) is 18.3. The molecule has 4 rings (SSSR count). The summed E-state index contributed by atoms with van der Waals surface area (Å²) in [5, 5.41) is 7.50. The summed E-state index contributed by atoms with van der Waals surface area (Å²) in [6, 6.07) is 15.9. The summed E-state index contributed by atoms with van der Waals surface area (Å²) in [6.07, 6.45) is 1.78. The first-order valence-corrected chi connectivity index (χ1v) is 10.6. The Labute approximate surface area is 183 Å². The first-order chi connectivity index (χ1) is 15.0. The quantitative estimate of drug-likeness (QED) is 0.666. The fraction of sp³-hybridized carbons (Fsp3) is 0.333. The number of benzene rings is 2. The van der Waals surface area contributed by atoms with Crippen LogP contribution in [0.3, 0.4) is 0 Å². The summed E-state index contributed by atoms with van der Waals surface area (Å²) in [4.78, 5) is 17.5. The van der Waals surface area contributed by atoms with Crippen LogP contribution in [0.5, 0.6) is 5.75 Å². The number of nitrogens with one attached hydrogen (secondary N) is 1. The molecule has 1 aliphatic rings. The summed E-state index contributed by atoms with van der Waals surface area (Å²) >= 11 is 0. The second-order valence-corrected chi connectivity index (χ2v) is 7.92. The maximum atomic E-state index is 12.8. The van der Waals surface area contributed by atoms with E-state index in [9.17, 15) is 4.79 Å². The lowest BCUT2D eigenvalue weighted by molar-refractivity contribution is 0.0945. The Bertz CT molecular complexity index is 1050. The number of hydrogen-bond acceptors (Lipinski definition) is 5. The molecule has 0 unspecified atom stereocenters. The van der Waals surface area contributed by atoms with Crippen molar-refractivity contribution in [3.8, 4) is 11.4 Å². The van der Waals surface area contributed by atoms with E-state index in [4.69, 9.17) is 4.74 Å². The molecule has 1 fully saturated rings. The molecule has 7 nitrogen and oxygen atoms in total. The van der Waals surface area contributed by atoms with Gasteiger partial charge in [-0.25, -0.2) is 4.68 Å². The Morgan fingerprint density at radius 1 is 1.06 bits per heavy atom. The standard InChI is InChI=1S/C24H29N5O2/c1-18-8-9-23(31-3)22(16-18)29-11-10-20(26-29)24(30)25-17-19-6-4-5-7-21(19)28-14-12-27(2)13-15-28/h4-11,16H,12-15,17H2,1-3H3,(H,25,30). The molecule has 0 bridgehead atoms. The smallest absolute Gasteiger partial charge is 0.272 e. The second-order valence-electron chi connectivity index (χ2n) is 7.92. The van der Waals surface area contributed by atoms with Crippen molar-refractivity contribution >= 4 is 11.6 Å². The molecule has 7 heteroatoms. The number of likely N-dealkylation sites (N-methyl/N-ethyl adjacent to an activating group) is 1. The van der Waals surface area contributed by atoms with Crippen molar-refractivity contribution in [1.82, 2.24) is 20.0 Å². The SMILES string of the molecule is COc1ccc(C)cc1-n1ccc(C(=O)NCc2ccccc2N2CCN(C)CC2)n1. The van der Waals surface area contributed by atoms with E-state index in [0.29, 0.717) is 18.0 Å². The molecule has 0 radical (unpaired) electrons. The number of carbonyl (C=O) groups is 1. The Kier molecular flexibility index (Phi) is 6.23. The number of carbonyl (C=O) groups excluding carboxylic acids is 1. The summed E-state index contributed by atoms with van der Waals surface area (Å²) in [7, 11) is 3.78. The lowest BCUT2D eigenvalue weighted by atomic mass is 10.1. The number of aryl methyl sites for hydroxylation is 1. The van der Waals surface area contributed by atoms with E-state index in [1.165, 1.54) is 5.69 Å². The fourth-order valence-electron chi connectivity index (χ4n) is 3.84. The van der Waals surface area contributed by atoms with Gasteiger partial charge in [0.15, 0.2) is 5.69 Å². The number of piperazine rings is 1. The molecule has 1 amide bonds. The lowest BCUT2D eigenvalue weighted by Gasteiger charge is -2.35. The molecule has 0 aliphatic carbocycles. The summed E-state index contributed by atoms with van der Waals surface area (Å²) in [6.45, 7) is 6.54. The predicted octanol–water partition coefficient (Wildman–Crippen LogP) is 2.87. The molecular formula is C24H29N5O2. The van der Waals surface area contributed by atoms with Gasteiger partial charge in [0.25, 0.3) is 5.91 Å². The van der Waals surface area contributed by atoms with Gasteiger partial charge in [0, 0.05) is 44.6 Å². The molecule has 162 valence electrons. The minimum Gasteiger partial charge on any atom is -0.494 e. The maximum absolute atomic E-state index is 12.8. The predicted molar refractivity (Wildman–Crippen MR) is 122 cm³/mol. The van der Waals surface area contributed by atoms with Gasteiger partial charge in [-0.05, 0) is 49.4 Å². The third-order valence-corrected chi connectivity index (χ3v) is 5.68. The van der Waals surface area contributed by atoms with Crippen molar-refractivity contribution in [2.45, 2.75) is 13.5 Å². The molecule has 3 aromatic rings. The Morgan fingerprint density at radius 3 is 2.61 bits per heavy atom. The highest BCUT2D eigenvalue weighted by Gasteiger charge is 2.18. The normalized spacial score (nSPS) is 14.5. The Balaban J connectivity index is 1.46. The number of nitrogens with zero attached hydrogens (tertiary/aromatic N) is 4. The molecule has 31 heavy (non-hydrogen) atoms. The average molecular weight is 420 g/mol. The molecule has 0 spiro atoms. The van der Waals surface area contributed by atoms with Crippen LogP contribution < -0.4 is 15.0 Å². The van der Waals surface area contributed by atoms with Crippen LogP contribution >= 0.6 is 0 Å². The first-order valence-electron chi connectivity index (χ1n) is 10.6. The first kappa shape index (κ1) is 20.9.